The second-order valence-corrected chi connectivity index (χ2v) is 4.47. The SMILES string of the molecule is CC(C(=O)NCc1nc2ccccc2[nH]1)n1cncn1. The van der Waals surface area contributed by atoms with E-state index in [1.807, 2.05) is 24.3 Å². The first kappa shape index (κ1) is 12.3. The third-order valence-electron chi connectivity index (χ3n) is 3.08. The molecule has 0 aliphatic carbocycles. The molecule has 0 spiro atoms. The smallest absolute Gasteiger partial charge is 0.245 e. The van der Waals surface area contributed by atoms with Crippen LogP contribution in [0.15, 0.2) is 36.9 Å². The molecule has 0 aliphatic rings. The summed E-state index contributed by atoms with van der Waals surface area (Å²) in [6, 6.07) is 7.34. The van der Waals surface area contributed by atoms with Crippen LogP contribution in [-0.2, 0) is 11.3 Å². The maximum Gasteiger partial charge on any atom is 0.245 e. The van der Waals surface area contributed by atoms with Gasteiger partial charge in [-0.15, -0.1) is 0 Å². The third kappa shape index (κ3) is 2.37. The summed E-state index contributed by atoms with van der Waals surface area (Å²) >= 11 is 0. The van der Waals surface area contributed by atoms with Gasteiger partial charge in [0.1, 0.15) is 24.5 Å². The maximum absolute atomic E-state index is 12.0. The van der Waals surface area contributed by atoms with Gasteiger partial charge in [0, 0.05) is 0 Å². The van der Waals surface area contributed by atoms with E-state index < -0.39 is 6.04 Å². The minimum absolute atomic E-state index is 0.129. The Balaban J connectivity index is 1.65. The monoisotopic (exact) mass is 270 g/mol. The van der Waals surface area contributed by atoms with Gasteiger partial charge >= 0.3 is 0 Å². The van der Waals surface area contributed by atoms with Gasteiger partial charge in [-0.2, -0.15) is 5.10 Å². The summed E-state index contributed by atoms with van der Waals surface area (Å²) in [6.07, 6.45) is 2.93. The van der Waals surface area contributed by atoms with Crippen molar-refractivity contribution in [3.8, 4) is 0 Å². The Hall–Kier alpha value is -2.70. The molecule has 2 aromatic heterocycles. The molecular weight excluding hydrogens is 256 g/mol. The summed E-state index contributed by atoms with van der Waals surface area (Å²) in [7, 11) is 0. The van der Waals surface area contributed by atoms with E-state index in [4.69, 9.17) is 0 Å². The molecule has 1 amide bonds. The van der Waals surface area contributed by atoms with Gasteiger partial charge in [-0.25, -0.2) is 14.6 Å². The number of H-pyrrole nitrogens is 1. The van der Waals surface area contributed by atoms with Crippen molar-refractivity contribution in [2.24, 2.45) is 0 Å². The van der Waals surface area contributed by atoms with E-state index in [2.05, 4.69) is 25.4 Å². The summed E-state index contributed by atoms with van der Waals surface area (Å²) in [5.74, 6) is 0.598. The molecule has 0 bridgehead atoms. The van der Waals surface area contributed by atoms with Gasteiger partial charge in [0.2, 0.25) is 5.91 Å². The van der Waals surface area contributed by atoms with Gasteiger partial charge in [0.15, 0.2) is 0 Å². The van der Waals surface area contributed by atoms with Gasteiger partial charge in [0.05, 0.1) is 17.6 Å². The molecule has 2 heterocycles. The molecule has 3 aromatic rings. The highest BCUT2D eigenvalue weighted by molar-refractivity contribution is 5.80. The normalized spacial score (nSPS) is 12.4. The van der Waals surface area contributed by atoms with Crippen molar-refractivity contribution in [2.45, 2.75) is 19.5 Å². The van der Waals surface area contributed by atoms with Crippen LogP contribution in [-0.4, -0.2) is 30.6 Å². The zero-order chi connectivity index (χ0) is 13.9. The van der Waals surface area contributed by atoms with Gasteiger partial charge in [-0.05, 0) is 19.1 Å². The Morgan fingerprint density at radius 3 is 3.05 bits per heavy atom. The molecule has 7 heteroatoms. The molecule has 20 heavy (non-hydrogen) atoms. The molecule has 0 saturated heterocycles. The van der Waals surface area contributed by atoms with E-state index in [0.29, 0.717) is 6.54 Å². The number of amides is 1. The molecule has 0 aliphatic heterocycles. The summed E-state index contributed by atoms with van der Waals surface area (Å²) in [4.78, 5) is 23.4. The zero-order valence-corrected chi connectivity index (χ0v) is 10.9. The van der Waals surface area contributed by atoms with Crippen molar-refractivity contribution < 1.29 is 4.79 Å². The quantitative estimate of drug-likeness (QED) is 0.741. The molecule has 0 saturated carbocycles. The maximum atomic E-state index is 12.0. The molecule has 0 radical (unpaired) electrons. The largest absolute Gasteiger partial charge is 0.347 e. The lowest BCUT2D eigenvalue weighted by Crippen LogP contribution is -2.31. The number of para-hydroxylation sites is 2. The van der Waals surface area contributed by atoms with Crippen LogP contribution in [0.2, 0.25) is 0 Å². The lowest BCUT2D eigenvalue weighted by atomic mass is 10.3. The van der Waals surface area contributed by atoms with E-state index in [0.717, 1.165) is 16.9 Å². The molecule has 0 fully saturated rings. The number of fused-ring (bicyclic) bond motifs is 1. The van der Waals surface area contributed by atoms with Gasteiger partial charge in [-0.1, -0.05) is 12.1 Å². The van der Waals surface area contributed by atoms with E-state index in [1.165, 1.54) is 17.3 Å². The number of benzene rings is 1. The molecule has 2 N–H and O–H groups in total. The van der Waals surface area contributed by atoms with E-state index >= 15 is 0 Å². The Bertz CT molecular complexity index is 684. The minimum Gasteiger partial charge on any atom is -0.347 e. The fraction of sp³-hybridized carbons (Fsp3) is 0.231. The second-order valence-electron chi connectivity index (χ2n) is 4.47. The van der Waals surface area contributed by atoms with Crippen LogP contribution < -0.4 is 5.32 Å². The van der Waals surface area contributed by atoms with Crippen molar-refractivity contribution in [1.82, 2.24) is 30.0 Å². The summed E-state index contributed by atoms with van der Waals surface area (Å²) in [5.41, 5.74) is 1.85. The van der Waals surface area contributed by atoms with Crippen LogP contribution in [0, 0.1) is 0 Å². The van der Waals surface area contributed by atoms with Crippen LogP contribution in [0.5, 0.6) is 0 Å². The average Bonchev–Trinajstić information content (AvgIpc) is 3.12. The molecule has 7 nitrogen and oxygen atoms in total. The van der Waals surface area contributed by atoms with E-state index in [1.54, 1.807) is 6.92 Å². The lowest BCUT2D eigenvalue weighted by molar-refractivity contribution is -0.124. The number of hydrogen-bond donors (Lipinski definition) is 2. The molecule has 1 unspecified atom stereocenters. The molecule has 3 rings (SSSR count). The highest BCUT2D eigenvalue weighted by Crippen LogP contribution is 2.10. The summed E-state index contributed by atoms with van der Waals surface area (Å²) in [6.45, 7) is 2.12. The van der Waals surface area contributed by atoms with Crippen LogP contribution in [0.4, 0.5) is 0 Å². The minimum atomic E-state index is -0.401. The van der Waals surface area contributed by atoms with Crippen molar-refractivity contribution >= 4 is 16.9 Å². The number of nitrogens with zero attached hydrogens (tertiary/aromatic N) is 4. The first-order valence-corrected chi connectivity index (χ1v) is 6.29. The lowest BCUT2D eigenvalue weighted by Gasteiger charge is -2.10. The highest BCUT2D eigenvalue weighted by Gasteiger charge is 2.15. The van der Waals surface area contributed by atoms with Crippen LogP contribution in [0.1, 0.15) is 18.8 Å². The fourth-order valence-corrected chi connectivity index (χ4v) is 1.95. The van der Waals surface area contributed by atoms with Crippen LogP contribution in [0.3, 0.4) is 0 Å². The van der Waals surface area contributed by atoms with E-state index in [-0.39, 0.29) is 5.91 Å². The fourth-order valence-electron chi connectivity index (χ4n) is 1.95. The van der Waals surface area contributed by atoms with E-state index in [9.17, 15) is 4.79 Å². The van der Waals surface area contributed by atoms with Crippen LogP contribution >= 0.6 is 0 Å². The average molecular weight is 270 g/mol. The van der Waals surface area contributed by atoms with Crippen molar-refractivity contribution in [2.75, 3.05) is 0 Å². The van der Waals surface area contributed by atoms with Crippen molar-refractivity contribution in [3.05, 3.63) is 42.7 Å². The molecule has 1 aromatic carbocycles. The summed E-state index contributed by atoms with van der Waals surface area (Å²) in [5, 5.41) is 6.77. The van der Waals surface area contributed by atoms with Crippen molar-refractivity contribution in [1.29, 1.82) is 0 Å². The number of aromatic nitrogens is 5. The number of imidazole rings is 1. The van der Waals surface area contributed by atoms with Gasteiger partial charge in [0.25, 0.3) is 0 Å². The summed E-state index contributed by atoms with van der Waals surface area (Å²) < 4.78 is 1.51. The Morgan fingerprint density at radius 2 is 2.30 bits per heavy atom. The number of aromatic amines is 1. The number of hydrogen-bond acceptors (Lipinski definition) is 4. The van der Waals surface area contributed by atoms with Crippen molar-refractivity contribution in [3.63, 3.8) is 0 Å². The first-order chi connectivity index (χ1) is 9.74. The number of rotatable bonds is 4. The second kappa shape index (κ2) is 5.12. The Morgan fingerprint density at radius 1 is 1.45 bits per heavy atom. The first-order valence-electron chi connectivity index (χ1n) is 6.29. The topological polar surface area (TPSA) is 88.5 Å². The molecule has 1 atom stereocenters. The predicted octanol–water partition coefficient (Wildman–Crippen LogP) is 1.03. The third-order valence-corrected chi connectivity index (χ3v) is 3.08. The highest BCUT2D eigenvalue weighted by atomic mass is 16.2. The van der Waals surface area contributed by atoms with Crippen LogP contribution in [0.25, 0.3) is 11.0 Å². The van der Waals surface area contributed by atoms with Gasteiger partial charge < -0.3 is 10.3 Å². The number of carbonyl (C=O) groups is 1. The van der Waals surface area contributed by atoms with Gasteiger partial charge in [-0.3, -0.25) is 4.79 Å². The Kier molecular flexibility index (Phi) is 3.16. The predicted molar refractivity (Wildman–Crippen MR) is 72.7 cm³/mol. The number of carbonyl (C=O) groups excluding carboxylic acids is 1. The Labute approximate surface area is 115 Å². The number of nitrogens with one attached hydrogen (secondary N) is 2. The zero-order valence-electron chi connectivity index (χ0n) is 10.9. The standard InChI is InChI=1S/C13H14N6O/c1-9(19-8-14-7-16-19)13(20)15-6-12-17-10-4-2-3-5-11(10)18-12/h2-5,7-9H,6H2,1H3,(H,15,20)(H,17,18). The molecular formula is C13H14N6O. The molecule has 102 valence electrons.